The summed E-state index contributed by atoms with van der Waals surface area (Å²) in [4.78, 5) is 4.29. The minimum absolute atomic E-state index is 0.181. The van der Waals surface area contributed by atoms with E-state index in [1.165, 1.54) is 6.26 Å². The molecule has 0 fully saturated rings. The first-order valence-electron chi connectivity index (χ1n) is 4.28. The van der Waals surface area contributed by atoms with Crippen molar-refractivity contribution in [3.63, 3.8) is 0 Å². The Morgan fingerprint density at radius 3 is 2.69 bits per heavy atom. The smallest absolute Gasteiger partial charge is 0.228 e. The van der Waals surface area contributed by atoms with E-state index >= 15 is 0 Å². The van der Waals surface area contributed by atoms with Crippen LogP contribution in [0.4, 0.5) is 0 Å². The molecular formula is C10H6Cl2N2OS. The summed E-state index contributed by atoms with van der Waals surface area (Å²) < 4.78 is 5.23. The molecule has 0 aliphatic rings. The van der Waals surface area contributed by atoms with E-state index in [1.54, 1.807) is 18.2 Å². The number of hydrogen-bond acceptors (Lipinski definition) is 3. The molecule has 0 amide bonds. The summed E-state index contributed by atoms with van der Waals surface area (Å²) in [7, 11) is 0. The Kier molecular flexibility index (Phi) is 3.14. The van der Waals surface area contributed by atoms with Gasteiger partial charge in [0.05, 0.1) is 10.6 Å². The van der Waals surface area contributed by atoms with Gasteiger partial charge in [-0.15, -0.1) is 0 Å². The molecule has 0 spiro atoms. The van der Waals surface area contributed by atoms with Crippen LogP contribution >= 0.6 is 35.4 Å². The lowest BCUT2D eigenvalue weighted by atomic mass is 10.2. The van der Waals surface area contributed by atoms with Crippen molar-refractivity contribution < 1.29 is 4.42 Å². The van der Waals surface area contributed by atoms with Gasteiger partial charge in [0.1, 0.15) is 16.9 Å². The van der Waals surface area contributed by atoms with Crippen molar-refractivity contribution in [1.82, 2.24) is 4.98 Å². The zero-order valence-electron chi connectivity index (χ0n) is 7.91. The highest BCUT2D eigenvalue weighted by atomic mass is 35.5. The molecule has 0 saturated carbocycles. The third-order valence-corrected chi connectivity index (χ3v) is 2.68. The van der Waals surface area contributed by atoms with Gasteiger partial charge in [-0.05, 0) is 18.2 Å². The first-order chi connectivity index (χ1) is 7.58. The fraction of sp³-hybridized carbons (Fsp3) is 0. The van der Waals surface area contributed by atoms with Gasteiger partial charge in [0.2, 0.25) is 5.89 Å². The number of aromatic nitrogens is 1. The van der Waals surface area contributed by atoms with Crippen molar-refractivity contribution >= 4 is 40.4 Å². The number of nitrogens with zero attached hydrogens (tertiary/aromatic N) is 1. The Bertz CT molecular complexity index is 554. The van der Waals surface area contributed by atoms with Gasteiger partial charge in [-0.25, -0.2) is 4.98 Å². The Morgan fingerprint density at radius 1 is 1.38 bits per heavy atom. The number of hydrogen-bond donors (Lipinski definition) is 1. The molecule has 0 radical (unpaired) electrons. The fourth-order valence-corrected chi connectivity index (χ4v) is 1.76. The maximum absolute atomic E-state index is 6.00. The molecule has 2 rings (SSSR count). The maximum Gasteiger partial charge on any atom is 0.228 e. The fourth-order valence-electron chi connectivity index (χ4n) is 1.17. The quantitative estimate of drug-likeness (QED) is 0.853. The molecule has 2 N–H and O–H groups in total. The highest BCUT2D eigenvalue weighted by Gasteiger charge is 2.11. The summed E-state index contributed by atoms with van der Waals surface area (Å²) in [6.07, 6.45) is 1.39. The number of halogens is 2. The molecule has 0 atom stereocenters. The molecule has 2 aromatic rings. The van der Waals surface area contributed by atoms with Crippen molar-refractivity contribution in [2.24, 2.45) is 5.73 Å². The van der Waals surface area contributed by atoms with E-state index in [9.17, 15) is 0 Å². The standard InChI is InChI=1S/C10H6Cl2N2OS/c11-5-1-2-6(7(12)3-5)10-14-8(4-15-10)9(13)16/h1-4H,(H2,13,16). The van der Waals surface area contributed by atoms with Gasteiger partial charge < -0.3 is 10.2 Å². The van der Waals surface area contributed by atoms with Crippen LogP contribution in [-0.2, 0) is 0 Å². The van der Waals surface area contributed by atoms with Gasteiger partial charge in [0.25, 0.3) is 0 Å². The second-order valence-electron chi connectivity index (χ2n) is 3.03. The lowest BCUT2D eigenvalue weighted by Gasteiger charge is -1.99. The Hall–Kier alpha value is -1.10. The summed E-state index contributed by atoms with van der Waals surface area (Å²) in [5, 5.41) is 1.01. The average molecular weight is 273 g/mol. The molecule has 0 bridgehead atoms. The Labute approximate surface area is 107 Å². The maximum atomic E-state index is 6.00. The second-order valence-corrected chi connectivity index (χ2v) is 4.31. The predicted molar refractivity (Wildman–Crippen MR) is 67.8 cm³/mol. The molecule has 1 heterocycles. The third kappa shape index (κ3) is 2.19. The minimum atomic E-state index is 0.181. The highest BCUT2D eigenvalue weighted by molar-refractivity contribution is 7.80. The molecule has 3 nitrogen and oxygen atoms in total. The summed E-state index contributed by atoms with van der Waals surface area (Å²) in [5.41, 5.74) is 6.50. The number of oxazole rings is 1. The van der Waals surface area contributed by atoms with Crippen LogP contribution in [0.15, 0.2) is 28.9 Å². The van der Waals surface area contributed by atoms with Crippen LogP contribution < -0.4 is 5.73 Å². The van der Waals surface area contributed by atoms with E-state index in [1.807, 2.05) is 0 Å². The van der Waals surface area contributed by atoms with Crippen molar-refractivity contribution in [3.8, 4) is 11.5 Å². The minimum Gasteiger partial charge on any atom is -0.444 e. The first-order valence-corrected chi connectivity index (χ1v) is 5.45. The molecule has 82 valence electrons. The van der Waals surface area contributed by atoms with Crippen molar-refractivity contribution in [1.29, 1.82) is 0 Å². The SMILES string of the molecule is NC(=S)c1coc(-c2ccc(Cl)cc2Cl)n1. The summed E-state index contributed by atoms with van der Waals surface area (Å²) >= 11 is 16.6. The average Bonchev–Trinajstić information content (AvgIpc) is 2.66. The summed E-state index contributed by atoms with van der Waals surface area (Å²) in [5.74, 6) is 0.365. The van der Waals surface area contributed by atoms with Crippen LogP contribution in [0.3, 0.4) is 0 Å². The molecule has 0 aliphatic heterocycles. The second kappa shape index (κ2) is 4.41. The van der Waals surface area contributed by atoms with Crippen LogP contribution in [-0.4, -0.2) is 9.97 Å². The molecule has 0 saturated heterocycles. The third-order valence-electron chi connectivity index (χ3n) is 1.92. The van der Waals surface area contributed by atoms with Gasteiger partial charge >= 0.3 is 0 Å². The van der Waals surface area contributed by atoms with Crippen molar-refractivity contribution in [2.75, 3.05) is 0 Å². The van der Waals surface area contributed by atoms with Gasteiger partial charge in [-0.3, -0.25) is 0 Å². The normalized spacial score (nSPS) is 10.4. The predicted octanol–water partition coefficient (Wildman–Crippen LogP) is 3.28. The van der Waals surface area contributed by atoms with Gasteiger partial charge in [0.15, 0.2) is 0 Å². The molecule has 1 aromatic heterocycles. The van der Waals surface area contributed by atoms with E-state index in [0.717, 1.165) is 0 Å². The van der Waals surface area contributed by atoms with E-state index in [0.29, 0.717) is 27.2 Å². The molecule has 0 unspecified atom stereocenters. The van der Waals surface area contributed by atoms with Crippen LogP contribution in [0.25, 0.3) is 11.5 Å². The molecule has 6 heteroatoms. The van der Waals surface area contributed by atoms with Crippen LogP contribution in [0.1, 0.15) is 5.69 Å². The van der Waals surface area contributed by atoms with Gasteiger partial charge in [0, 0.05) is 5.02 Å². The van der Waals surface area contributed by atoms with Crippen LogP contribution in [0, 0.1) is 0 Å². The lowest BCUT2D eigenvalue weighted by Crippen LogP contribution is -2.09. The van der Waals surface area contributed by atoms with E-state index in [2.05, 4.69) is 4.98 Å². The zero-order chi connectivity index (χ0) is 11.7. The van der Waals surface area contributed by atoms with Crippen molar-refractivity contribution in [3.05, 3.63) is 40.2 Å². The molecule has 0 aliphatic carbocycles. The largest absolute Gasteiger partial charge is 0.444 e. The van der Waals surface area contributed by atoms with E-state index < -0.39 is 0 Å². The molecular weight excluding hydrogens is 267 g/mol. The monoisotopic (exact) mass is 272 g/mol. The number of rotatable bonds is 2. The highest BCUT2D eigenvalue weighted by Crippen LogP contribution is 2.29. The summed E-state index contributed by atoms with van der Waals surface area (Å²) in [6, 6.07) is 5.04. The lowest BCUT2D eigenvalue weighted by molar-refractivity contribution is 0.574. The van der Waals surface area contributed by atoms with Crippen molar-refractivity contribution in [2.45, 2.75) is 0 Å². The molecule has 1 aromatic carbocycles. The summed E-state index contributed by atoms with van der Waals surface area (Å²) in [6.45, 7) is 0. The number of thiocarbonyl (C=S) groups is 1. The van der Waals surface area contributed by atoms with E-state index in [-0.39, 0.29) is 4.99 Å². The zero-order valence-corrected chi connectivity index (χ0v) is 10.2. The van der Waals surface area contributed by atoms with Crippen LogP contribution in [0.2, 0.25) is 10.0 Å². The number of nitrogens with two attached hydrogens (primary N) is 1. The van der Waals surface area contributed by atoms with Gasteiger partial charge in [-0.1, -0.05) is 35.4 Å². The first kappa shape index (κ1) is 11.4. The van der Waals surface area contributed by atoms with Gasteiger partial charge in [-0.2, -0.15) is 0 Å². The van der Waals surface area contributed by atoms with E-state index in [4.69, 9.17) is 45.6 Å². The Balaban J connectivity index is 2.46. The Morgan fingerprint density at radius 2 is 2.12 bits per heavy atom. The van der Waals surface area contributed by atoms with Crippen LogP contribution in [0.5, 0.6) is 0 Å². The topological polar surface area (TPSA) is 52.0 Å². The number of benzene rings is 1. The molecule has 16 heavy (non-hydrogen) atoms.